The van der Waals surface area contributed by atoms with Gasteiger partial charge in [-0.3, -0.25) is 14.5 Å². The first kappa shape index (κ1) is 24.4. The molecule has 1 aliphatic rings. The van der Waals surface area contributed by atoms with E-state index in [0.29, 0.717) is 28.2 Å². The van der Waals surface area contributed by atoms with Gasteiger partial charge in [0.1, 0.15) is 5.82 Å². The first-order valence-electron chi connectivity index (χ1n) is 11.3. The van der Waals surface area contributed by atoms with Crippen molar-refractivity contribution in [3.8, 4) is 0 Å². The van der Waals surface area contributed by atoms with E-state index in [1.54, 1.807) is 48.5 Å². The summed E-state index contributed by atoms with van der Waals surface area (Å²) in [6.07, 6.45) is -1.51. The number of nitrogens with zero attached hydrogens (tertiary/aromatic N) is 1. The molecule has 2 N–H and O–H groups in total. The molecule has 0 bridgehead atoms. The molecule has 2 heterocycles. The van der Waals surface area contributed by atoms with Crippen molar-refractivity contribution in [3.63, 3.8) is 0 Å². The number of carbonyl (C=O) groups excluding carboxylic acids is 3. The van der Waals surface area contributed by atoms with Gasteiger partial charge in [-0.2, -0.15) is 0 Å². The van der Waals surface area contributed by atoms with Gasteiger partial charge in [0.25, 0.3) is 5.91 Å². The van der Waals surface area contributed by atoms with Crippen molar-refractivity contribution in [1.29, 1.82) is 0 Å². The van der Waals surface area contributed by atoms with Crippen LogP contribution in [-0.4, -0.2) is 35.4 Å². The first-order valence-corrected chi connectivity index (χ1v) is 12.1. The second-order valence-electron chi connectivity index (χ2n) is 8.70. The van der Waals surface area contributed by atoms with E-state index in [-0.39, 0.29) is 24.3 Å². The van der Waals surface area contributed by atoms with Gasteiger partial charge >= 0.3 is 6.09 Å². The summed E-state index contributed by atoms with van der Waals surface area (Å²) in [4.78, 5) is 40.2. The Morgan fingerprint density at radius 2 is 1.89 bits per heavy atom. The Bertz CT molecular complexity index is 1200. The van der Waals surface area contributed by atoms with E-state index in [2.05, 4.69) is 10.6 Å². The van der Waals surface area contributed by atoms with E-state index in [1.165, 1.54) is 28.4 Å². The maximum Gasteiger partial charge on any atom is 0.411 e. The zero-order valence-electron chi connectivity index (χ0n) is 19.4. The van der Waals surface area contributed by atoms with Crippen LogP contribution in [0.4, 0.5) is 14.9 Å². The van der Waals surface area contributed by atoms with Gasteiger partial charge in [0.2, 0.25) is 5.91 Å². The van der Waals surface area contributed by atoms with Crippen LogP contribution in [0.3, 0.4) is 0 Å². The molecule has 2 aromatic carbocycles. The van der Waals surface area contributed by atoms with Gasteiger partial charge in [0, 0.05) is 12.2 Å². The summed E-state index contributed by atoms with van der Waals surface area (Å²) < 4.78 is 19.3. The number of amides is 3. The lowest BCUT2D eigenvalue weighted by molar-refractivity contribution is -0.126. The van der Waals surface area contributed by atoms with Gasteiger partial charge < -0.3 is 15.4 Å². The van der Waals surface area contributed by atoms with Crippen LogP contribution in [0.15, 0.2) is 66.0 Å². The molecule has 182 valence electrons. The molecule has 0 saturated carbocycles. The number of benzene rings is 2. The molecule has 7 nitrogen and oxygen atoms in total. The Labute approximate surface area is 206 Å². The van der Waals surface area contributed by atoms with Crippen molar-refractivity contribution in [3.05, 3.63) is 87.9 Å². The Morgan fingerprint density at radius 1 is 1.11 bits per heavy atom. The molecule has 4 rings (SSSR count). The second-order valence-corrected chi connectivity index (χ2v) is 9.65. The summed E-state index contributed by atoms with van der Waals surface area (Å²) in [5.74, 6) is -0.765. The number of ether oxygens (including phenoxy) is 1. The predicted molar refractivity (Wildman–Crippen MR) is 132 cm³/mol. The second kappa shape index (κ2) is 10.7. The maximum atomic E-state index is 13.7. The average Bonchev–Trinajstić information content (AvgIpc) is 3.47. The van der Waals surface area contributed by atoms with Crippen LogP contribution in [-0.2, 0) is 16.1 Å². The third-order valence-corrected chi connectivity index (χ3v) is 6.39. The van der Waals surface area contributed by atoms with Gasteiger partial charge in [0.15, 0.2) is 12.1 Å². The van der Waals surface area contributed by atoms with Gasteiger partial charge in [-0.1, -0.05) is 44.2 Å². The van der Waals surface area contributed by atoms with Crippen LogP contribution >= 0.6 is 11.3 Å². The van der Waals surface area contributed by atoms with E-state index < -0.39 is 24.1 Å². The molecular weight excluding hydrogens is 469 g/mol. The number of halogens is 1. The SMILES string of the molecule is CC(C)CNC(=O)[C@@H]1[C@H](c2ccc(NC(=O)c3cccs3)cc2)OC(=O)N1Cc1cccc(F)c1. The highest BCUT2D eigenvalue weighted by Gasteiger charge is 2.47. The summed E-state index contributed by atoms with van der Waals surface area (Å²) in [6.45, 7) is 4.42. The van der Waals surface area contributed by atoms with Gasteiger partial charge in [-0.25, -0.2) is 9.18 Å². The number of hydrogen-bond acceptors (Lipinski definition) is 5. The number of rotatable bonds is 8. The molecule has 35 heavy (non-hydrogen) atoms. The molecule has 0 aliphatic carbocycles. The molecular formula is C26H26FN3O4S. The third-order valence-electron chi connectivity index (χ3n) is 5.52. The Kier molecular flexibility index (Phi) is 7.45. The van der Waals surface area contributed by atoms with E-state index >= 15 is 0 Å². The van der Waals surface area contributed by atoms with E-state index in [0.717, 1.165) is 0 Å². The quantitative estimate of drug-likeness (QED) is 0.462. The highest BCUT2D eigenvalue weighted by Crippen LogP contribution is 2.34. The van der Waals surface area contributed by atoms with Crippen LogP contribution in [0.2, 0.25) is 0 Å². The normalized spacial score (nSPS) is 17.4. The molecule has 1 fully saturated rings. The number of nitrogens with one attached hydrogen (secondary N) is 2. The Balaban J connectivity index is 1.56. The average molecular weight is 496 g/mol. The van der Waals surface area contributed by atoms with Gasteiger partial charge in [-0.15, -0.1) is 11.3 Å². The van der Waals surface area contributed by atoms with Crippen LogP contribution in [0, 0.1) is 11.7 Å². The van der Waals surface area contributed by atoms with Gasteiger partial charge in [-0.05, 0) is 52.8 Å². The van der Waals surface area contributed by atoms with Crippen molar-refractivity contribution < 1.29 is 23.5 Å². The zero-order chi connectivity index (χ0) is 24.9. The summed E-state index contributed by atoms with van der Waals surface area (Å²) in [5.41, 5.74) is 1.74. The number of cyclic esters (lactones) is 1. The minimum Gasteiger partial charge on any atom is -0.438 e. The van der Waals surface area contributed by atoms with Crippen molar-refractivity contribution in [2.45, 2.75) is 32.5 Å². The molecule has 3 amide bonds. The highest BCUT2D eigenvalue weighted by atomic mass is 32.1. The van der Waals surface area contributed by atoms with E-state index in [4.69, 9.17) is 4.74 Å². The van der Waals surface area contributed by atoms with Crippen LogP contribution < -0.4 is 10.6 Å². The molecule has 0 spiro atoms. The monoisotopic (exact) mass is 495 g/mol. The summed E-state index contributed by atoms with van der Waals surface area (Å²) in [7, 11) is 0. The summed E-state index contributed by atoms with van der Waals surface area (Å²) >= 11 is 1.34. The smallest absolute Gasteiger partial charge is 0.411 e. The lowest BCUT2D eigenvalue weighted by Gasteiger charge is -2.24. The minimum absolute atomic E-state index is 0.0296. The molecule has 1 aromatic heterocycles. The molecule has 1 aliphatic heterocycles. The molecule has 0 radical (unpaired) electrons. The third kappa shape index (κ3) is 5.86. The standard InChI is InChI=1S/C26H26FN3O4S/c1-16(2)14-28-25(32)22-23(34-26(33)30(22)15-17-5-3-6-19(27)13-17)18-8-10-20(11-9-18)29-24(31)21-7-4-12-35-21/h3-13,16,22-23H,14-15H2,1-2H3,(H,28,32)(H,29,31)/t22-,23-/m0/s1. The van der Waals surface area contributed by atoms with E-state index in [9.17, 15) is 18.8 Å². The van der Waals surface area contributed by atoms with E-state index in [1.807, 2.05) is 19.2 Å². The summed E-state index contributed by atoms with van der Waals surface area (Å²) in [5, 5.41) is 7.53. The molecule has 3 aromatic rings. The molecule has 0 unspecified atom stereocenters. The number of hydrogen-bond donors (Lipinski definition) is 2. The Hall–Kier alpha value is -3.72. The van der Waals surface area contributed by atoms with Crippen molar-refractivity contribution in [2.24, 2.45) is 5.92 Å². The maximum absolute atomic E-state index is 13.7. The number of thiophene rings is 1. The minimum atomic E-state index is -0.934. The predicted octanol–water partition coefficient (Wildman–Crippen LogP) is 4.97. The largest absolute Gasteiger partial charge is 0.438 e. The van der Waals surface area contributed by atoms with Crippen LogP contribution in [0.1, 0.15) is 40.8 Å². The van der Waals surface area contributed by atoms with Crippen molar-refractivity contribution in [1.82, 2.24) is 10.2 Å². The fraction of sp³-hybridized carbons (Fsp3) is 0.269. The van der Waals surface area contributed by atoms with Crippen LogP contribution in [0.5, 0.6) is 0 Å². The number of carbonyl (C=O) groups is 3. The molecule has 1 saturated heterocycles. The Morgan fingerprint density at radius 3 is 2.54 bits per heavy atom. The topological polar surface area (TPSA) is 87.7 Å². The molecule has 2 atom stereocenters. The highest BCUT2D eigenvalue weighted by molar-refractivity contribution is 7.12. The van der Waals surface area contributed by atoms with Crippen molar-refractivity contribution >= 4 is 34.9 Å². The zero-order valence-corrected chi connectivity index (χ0v) is 20.2. The molecule has 9 heteroatoms. The first-order chi connectivity index (χ1) is 16.8. The van der Waals surface area contributed by atoms with Crippen LogP contribution in [0.25, 0.3) is 0 Å². The lowest BCUT2D eigenvalue weighted by atomic mass is 10.00. The van der Waals surface area contributed by atoms with Gasteiger partial charge in [0.05, 0.1) is 11.4 Å². The lowest BCUT2D eigenvalue weighted by Crippen LogP contribution is -2.47. The number of anilines is 1. The fourth-order valence-corrected chi connectivity index (χ4v) is 4.43. The summed E-state index contributed by atoms with van der Waals surface area (Å²) in [6, 6.07) is 15.3. The van der Waals surface area contributed by atoms with Crippen molar-refractivity contribution in [2.75, 3.05) is 11.9 Å². The fourth-order valence-electron chi connectivity index (χ4n) is 3.81.